The Balaban J connectivity index is 1.34. The number of carbonyl (C=O) groups is 3. The van der Waals surface area contributed by atoms with Crippen molar-refractivity contribution >= 4 is 34.6 Å². The molecule has 0 bridgehead atoms. The SMILES string of the molecule is CC(C)(C)n1ncc2c(NCc3ccc4c(c3)C(=O)N(C3CCC(=O)NC3=O)C4)ncnc21. The van der Waals surface area contributed by atoms with Gasteiger partial charge in [0.05, 0.1) is 17.1 Å². The predicted molar refractivity (Wildman–Crippen MR) is 120 cm³/mol. The average Bonchev–Trinajstić information content (AvgIpc) is 3.34. The Morgan fingerprint density at radius 2 is 2.00 bits per heavy atom. The van der Waals surface area contributed by atoms with Crippen LogP contribution in [0.4, 0.5) is 5.82 Å². The Morgan fingerprint density at radius 3 is 2.76 bits per heavy atom. The van der Waals surface area contributed by atoms with Crippen LogP contribution in [0.25, 0.3) is 11.0 Å². The van der Waals surface area contributed by atoms with Gasteiger partial charge in [-0.3, -0.25) is 19.7 Å². The smallest absolute Gasteiger partial charge is 0.255 e. The second-order valence-electron chi connectivity index (χ2n) is 9.43. The topological polar surface area (TPSA) is 122 Å². The molecule has 10 nitrogen and oxygen atoms in total. The molecule has 0 radical (unpaired) electrons. The minimum absolute atomic E-state index is 0.183. The van der Waals surface area contributed by atoms with Crippen LogP contribution in [-0.4, -0.2) is 48.4 Å². The molecule has 5 rings (SSSR count). The van der Waals surface area contributed by atoms with Gasteiger partial charge in [0.15, 0.2) is 5.65 Å². The van der Waals surface area contributed by atoms with E-state index in [1.165, 1.54) is 6.33 Å². The highest BCUT2D eigenvalue weighted by Crippen LogP contribution is 2.29. The third-order valence-electron chi connectivity index (χ3n) is 6.05. The third kappa shape index (κ3) is 3.71. The van der Waals surface area contributed by atoms with E-state index in [1.54, 1.807) is 11.1 Å². The summed E-state index contributed by atoms with van der Waals surface area (Å²) >= 11 is 0. The van der Waals surface area contributed by atoms with E-state index in [-0.39, 0.29) is 23.8 Å². The number of piperidine rings is 1. The van der Waals surface area contributed by atoms with E-state index in [0.717, 1.165) is 22.2 Å². The molecule has 0 aliphatic carbocycles. The average molecular weight is 447 g/mol. The molecule has 3 amide bonds. The van der Waals surface area contributed by atoms with Crippen molar-refractivity contribution in [2.45, 2.75) is 58.3 Å². The van der Waals surface area contributed by atoms with Gasteiger partial charge in [-0.05, 0) is 44.4 Å². The fourth-order valence-electron chi connectivity index (χ4n) is 4.37. The number of fused-ring (bicyclic) bond motifs is 2. The van der Waals surface area contributed by atoms with Crippen molar-refractivity contribution < 1.29 is 14.4 Å². The fraction of sp³-hybridized carbons (Fsp3) is 0.391. The van der Waals surface area contributed by atoms with Crippen LogP contribution in [0.5, 0.6) is 0 Å². The van der Waals surface area contributed by atoms with Crippen molar-refractivity contribution in [2.24, 2.45) is 0 Å². The summed E-state index contributed by atoms with van der Waals surface area (Å²) in [7, 11) is 0. The first-order valence-electron chi connectivity index (χ1n) is 10.9. The summed E-state index contributed by atoms with van der Waals surface area (Å²) in [5.74, 6) is -0.205. The van der Waals surface area contributed by atoms with Crippen molar-refractivity contribution in [3.63, 3.8) is 0 Å². The van der Waals surface area contributed by atoms with E-state index in [0.29, 0.717) is 30.9 Å². The molecule has 1 unspecified atom stereocenters. The number of benzene rings is 1. The van der Waals surface area contributed by atoms with E-state index >= 15 is 0 Å². The summed E-state index contributed by atoms with van der Waals surface area (Å²) < 4.78 is 1.87. The lowest BCUT2D eigenvalue weighted by Crippen LogP contribution is -2.52. The van der Waals surface area contributed by atoms with Gasteiger partial charge in [-0.1, -0.05) is 12.1 Å². The van der Waals surface area contributed by atoms with Gasteiger partial charge in [-0.25, -0.2) is 14.6 Å². The molecular weight excluding hydrogens is 422 g/mol. The van der Waals surface area contributed by atoms with Crippen LogP contribution in [0.1, 0.15) is 55.1 Å². The van der Waals surface area contributed by atoms with Gasteiger partial charge in [-0.2, -0.15) is 5.10 Å². The summed E-state index contributed by atoms with van der Waals surface area (Å²) in [6.07, 6.45) is 3.86. The minimum atomic E-state index is -0.613. The van der Waals surface area contributed by atoms with Crippen LogP contribution < -0.4 is 10.6 Å². The monoisotopic (exact) mass is 447 g/mol. The number of carbonyl (C=O) groups excluding carboxylic acids is 3. The molecule has 10 heteroatoms. The van der Waals surface area contributed by atoms with Gasteiger partial charge in [0, 0.05) is 25.1 Å². The summed E-state index contributed by atoms with van der Waals surface area (Å²) in [5.41, 5.74) is 2.94. The second kappa shape index (κ2) is 7.65. The number of hydrogen-bond acceptors (Lipinski definition) is 7. The number of anilines is 1. The van der Waals surface area contributed by atoms with Crippen molar-refractivity contribution in [3.05, 3.63) is 47.4 Å². The standard InChI is InChI=1S/C23H25N7O3/c1-23(2,3)30-20-16(10-27-30)19(25-12-26-20)24-9-13-4-5-14-11-29(22(33)15(14)8-13)17-6-7-18(31)28-21(17)32/h4-5,8,10,12,17H,6-7,9,11H2,1-3H3,(H,24,25,26)(H,28,31,32). The van der Waals surface area contributed by atoms with Crippen LogP contribution >= 0.6 is 0 Å². The maximum absolute atomic E-state index is 13.0. The summed E-state index contributed by atoms with van der Waals surface area (Å²) in [6.45, 7) is 7.02. The zero-order valence-corrected chi connectivity index (χ0v) is 18.8. The molecule has 1 saturated heterocycles. The van der Waals surface area contributed by atoms with Crippen molar-refractivity contribution in [1.29, 1.82) is 0 Å². The molecule has 1 fully saturated rings. The highest BCUT2D eigenvalue weighted by molar-refractivity contribution is 6.05. The number of amides is 3. The third-order valence-corrected chi connectivity index (χ3v) is 6.05. The van der Waals surface area contributed by atoms with Gasteiger partial charge in [-0.15, -0.1) is 0 Å². The molecule has 1 aromatic carbocycles. The number of nitrogens with zero attached hydrogens (tertiary/aromatic N) is 5. The summed E-state index contributed by atoms with van der Waals surface area (Å²) in [4.78, 5) is 47.0. The molecule has 0 saturated carbocycles. The van der Waals surface area contributed by atoms with Crippen LogP contribution in [0, 0.1) is 0 Å². The first-order chi connectivity index (χ1) is 15.7. The summed E-state index contributed by atoms with van der Waals surface area (Å²) in [6, 6.07) is 5.12. The number of rotatable bonds is 4. The first-order valence-corrected chi connectivity index (χ1v) is 10.9. The number of hydrogen-bond donors (Lipinski definition) is 2. The van der Waals surface area contributed by atoms with Crippen LogP contribution in [0.2, 0.25) is 0 Å². The summed E-state index contributed by atoms with van der Waals surface area (Å²) in [5, 5.41) is 11.0. The van der Waals surface area contributed by atoms with E-state index < -0.39 is 11.9 Å². The maximum Gasteiger partial charge on any atom is 0.255 e. The van der Waals surface area contributed by atoms with Gasteiger partial charge in [0.1, 0.15) is 18.2 Å². The molecule has 33 heavy (non-hydrogen) atoms. The molecule has 2 aliphatic rings. The zero-order chi connectivity index (χ0) is 23.3. The van der Waals surface area contributed by atoms with Crippen LogP contribution in [0.15, 0.2) is 30.7 Å². The largest absolute Gasteiger partial charge is 0.365 e. The highest BCUT2D eigenvalue weighted by atomic mass is 16.2. The molecular formula is C23H25N7O3. The van der Waals surface area contributed by atoms with E-state index in [9.17, 15) is 14.4 Å². The van der Waals surface area contributed by atoms with Crippen molar-refractivity contribution in [1.82, 2.24) is 30.0 Å². The molecule has 2 aliphatic heterocycles. The van der Waals surface area contributed by atoms with E-state index in [4.69, 9.17) is 0 Å². The number of aromatic nitrogens is 4. The number of imide groups is 1. The molecule has 1 atom stereocenters. The van der Waals surface area contributed by atoms with Gasteiger partial charge in [0.2, 0.25) is 11.8 Å². The first kappa shape index (κ1) is 21.0. The maximum atomic E-state index is 13.0. The molecule has 170 valence electrons. The van der Waals surface area contributed by atoms with Crippen LogP contribution in [0.3, 0.4) is 0 Å². The highest BCUT2D eigenvalue weighted by Gasteiger charge is 2.39. The zero-order valence-electron chi connectivity index (χ0n) is 18.8. The molecule has 2 N–H and O–H groups in total. The Morgan fingerprint density at radius 1 is 1.18 bits per heavy atom. The Kier molecular flexibility index (Phi) is 4.88. The van der Waals surface area contributed by atoms with Crippen LogP contribution in [-0.2, 0) is 28.2 Å². The molecule has 0 spiro atoms. The molecule has 3 aromatic rings. The fourth-order valence-corrected chi connectivity index (χ4v) is 4.37. The normalized spacial score (nSPS) is 18.6. The van der Waals surface area contributed by atoms with Gasteiger partial charge < -0.3 is 10.2 Å². The second-order valence-corrected chi connectivity index (χ2v) is 9.43. The lowest BCUT2D eigenvalue weighted by Gasteiger charge is -2.29. The van der Waals surface area contributed by atoms with Gasteiger partial charge in [0.25, 0.3) is 5.91 Å². The Bertz CT molecular complexity index is 1290. The van der Waals surface area contributed by atoms with Crippen molar-refractivity contribution in [2.75, 3.05) is 5.32 Å². The number of nitrogens with one attached hydrogen (secondary N) is 2. The van der Waals surface area contributed by atoms with Crippen molar-refractivity contribution in [3.8, 4) is 0 Å². The lowest BCUT2D eigenvalue weighted by atomic mass is 10.0. The van der Waals surface area contributed by atoms with E-state index in [1.807, 2.05) is 22.9 Å². The lowest BCUT2D eigenvalue weighted by molar-refractivity contribution is -0.136. The Hall–Kier alpha value is -3.82. The molecule has 2 aromatic heterocycles. The van der Waals surface area contributed by atoms with Gasteiger partial charge >= 0.3 is 0 Å². The quantitative estimate of drug-likeness (QED) is 0.586. The Labute approximate surface area is 190 Å². The predicted octanol–water partition coefficient (Wildman–Crippen LogP) is 1.95. The molecule has 4 heterocycles. The van der Waals surface area contributed by atoms with E-state index in [2.05, 4.69) is 46.5 Å². The minimum Gasteiger partial charge on any atom is -0.365 e.